The van der Waals surface area contributed by atoms with Crippen molar-refractivity contribution in [2.75, 3.05) is 5.73 Å². The molecular weight excluding hydrogens is 404 g/mol. The number of anilines is 1. The van der Waals surface area contributed by atoms with E-state index >= 15 is 0 Å². The predicted molar refractivity (Wildman–Crippen MR) is 133 cm³/mol. The van der Waals surface area contributed by atoms with E-state index in [-0.39, 0.29) is 6.10 Å². The van der Waals surface area contributed by atoms with Gasteiger partial charge in [0.15, 0.2) is 0 Å². The van der Waals surface area contributed by atoms with Gasteiger partial charge < -0.3 is 15.9 Å². The third kappa shape index (κ3) is 5.18. The Morgan fingerprint density at radius 2 is 1.71 bits per heavy atom. The van der Waals surface area contributed by atoms with Crippen LogP contribution in [-0.4, -0.2) is 12.3 Å². The van der Waals surface area contributed by atoms with Crippen LogP contribution in [0.4, 0.5) is 5.69 Å². The summed E-state index contributed by atoms with van der Waals surface area (Å²) in [5.41, 5.74) is 13.8. The molecule has 0 aliphatic rings. The van der Waals surface area contributed by atoms with E-state index in [0.717, 1.165) is 50.6 Å². The van der Waals surface area contributed by atoms with Crippen molar-refractivity contribution < 1.29 is 4.74 Å². The van der Waals surface area contributed by atoms with Crippen molar-refractivity contribution in [2.45, 2.75) is 40.2 Å². The van der Waals surface area contributed by atoms with Crippen LogP contribution >= 0.6 is 11.6 Å². The van der Waals surface area contributed by atoms with Gasteiger partial charge in [0.25, 0.3) is 0 Å². The summed E-state index contributed by atoms with van der Waals surface area (Å²) in [5, 5.41) is 8.47. The van der Waals surface area contributed by atoms with Gasteiger partial charge in [-0.25, -0.2) is 0 Å². The van der Waals surface area contributed by atoms with Crippen molar-refractivity contribution in [1.82, 2.24) is 0 Å². The van der Waals surface area contributed by atoms with Crippen molar-refractivity contribution in [1.29, 1.82) is 5.41 Å². The van der Waals surface area contributed by atoms with E-state index in [2.05, 4.69) is 31.2 Å². The average molecular weight is 433 g/mol. The molecule has 31 heavy (non-hydrogen) atoms. The van der Waals surface area contributed by atoms with Crippen LogP contribution in [0, 0.1) is 12.3 Å². The van der Waals surface area contributed by atoms with Gasteiger partial charge in [-0.15, -0.1) is 0 Å². The number of hydrogen-bond acceptors (Lipinski definition) is 3. The Morgan fingerprint density at radius 1 is 1.03 bits per heavy atom. The minimum absolute atomic E-state index is 0.116. The van der Waals surface area contributed by atoms with Crippen LogP contribution in [0.3, 0.4) is 0 Å². The Hall–Kier alpha value is -3.04. The van der Waals surface area contributed by atoms with Crippen LogP contribution in [0.1, 0.15) is 55.0 Å². The first-order valence-electron chi connectivity index (χ1n) is 10.5. The molecule has 3 aromatic rings. The van der Waals surface area contributed by atoms with Gasteiger partial charge in [-0.05, 0) is 90.9 Å². The normalized spacial score (nSPS) is 11.9. The lowest BCUT2D eigenvalue weighted by atomic mass is 9.87. The van der Waals surface area contributed by atoms with Gasteiger partial charge in [0.1, 0.15) is 5.75 Å². The van der Waals surface area contributed by atoms with Crippen LogP contribution in [0.15, 0.2) is 60.7 Å². The molecule has 0 atom stereocenters. The maximum absolute atomic E-state index is 7.74. The zero-order valence-electron chi connectivity index (χ0n) is 18.5. The number of aryl methyl sites for hydroxylation is 1. The maximum Gasteiger partial charge on any atom is 0.119 e. The highest BCUT2D eigenvalue weighted by atomic mass is 35.5. The summed E-state index contributed by atoms with van der Waals surface area (Å²) in [6.07, 6.45) is 2.21. The minimum Gasteiger partial charge on any atom is -0.491 e. The lowest BCUT2D eigenvalue weighted by Gasteiger charge is -2.19. The molecule has 3 nitrogen and oxygen atoms in total. The number of halogens is 1. The molecule has 0 aliphatic carbocycles. The fraction of sp³-hybridized carbons (Fsp3) is 0.222. The molecule has 0 saturated carbocycles. The summed E-state index contributed by atoms with van der Waals surface area (Å²) in [4.78, 5) is 0. The summed E-state index contributed by atoms with van der Waals surface area (Å²) < 4.78 is 5.83. The Morgan fingerprint density at radius 3 is 2.29 bits per heavy atom. The highest BCUT2D eigenvalue weighted by Gasteiger charge is 2.16. The lowest BCUT2D eigenvalue weighted by molar-refractivity contribution is 0.242. The molecule has 0 spiro atoms. The number of nitrogens with one attached hydrogen (secondary N) is 1. The minimum atomic E-state index is 0.116. The van der Waals surface area contributed by atoms with Crippen LogP contribution in [0.2, 0.25) is 5.02 Å². The molecule has 0 aliphatic heterocycles. The van der Waals surface area contributed by atoms with E-state index in [1.54, 1.807) is 0 Å². The summed E-state index contributed by atoms with van der Waals surface area (Å²) in [7, 11) is 0. The fourth-order valence-electron chi connectivity index (χ4n) is 3.71. The zero-order chi connectivity index (χ0) is 22.5. The summed E-state index contributed by atoms with van der Waals surface area (Å²) in [6, 6.07) is 20.1. The van der Waals surface area contributed by atoms with Gasteiger partial charge in [-0.1, -0.05) is 48.9 Å². The Labute approximate surface area is 190 Å². The van der Waals surface area contributed by atoms with Crippen molar-refractivity contribution in [3.8, 4) is 5.75 Å². The topological polar surface area (TPSA) is 59.1 Å². The van der Waals surface area contributed by atoms with Crippen LogP contribution in [0.5, 0.6) is 5.75 Å². The van der Waals surface area contributed by atoms with Crippen molar-refractivity contribution >= 4 is 34.6 Å². The van der Waals surface area contributed by atoms with E-state index in [1.165, 1.54) is 6.21 Å². The lowest BCUT2D eigenvalue weighted by Crippen LogP contribution is -2.05. The molecule has 0 saturated heterocycles. The smallest absolute Gasteiger partial charge is 0.119 e. The Bertz CT molecular complexity index is 1110. The highest BCUT2D eigenvalue weighted by molar-refractivity contribution is 6.32. The number of nitrogen functional groups attached to an aromatic ring is 1. The molecule has 0 bridgehead atoms. The molecule has 0 heterocycles. The molecule has 160 valence electrons. The van der Waals surface area contributed by atoms with Crippen LogP contribution < -0.4 is 10.5 Å². The zero-order valence-corrected chi connectivity index (χ0v) is 19.3. The largest absolute Gasteiger partial charge is 0.491 e. The summed E-state index contributed by atoms with van der Waals surface area (Å²) in [5.74, 6) is 0.835. The van der Waals surface area contributed by atoms with Gasteiger partial charge in [-0.3, -0.25) is 0 Å². The molecule has 4 heteroatoms. The second kappa shape index (κ2) is 9.84. The van der Waals surface area contributed by atoms with Gasteiger partial charge in [-0.2, -0.15) is 0 Å². The number of hydrogen-bond donors (Lipinski definition) is 2. The molecule has 3 N–H and O–H groups in total. The summed E-state index contributed by atoms with van der Waals surface area (Å²) >= 11 is 6.68. The highest BCUT2D eigenvalue weighted by Crippen LogP contribution is 2.38. The number of allylic oxidation sites excluding steroid dienone is 1. The third-order valence-corrected chi connectivity index (χ3v) is 5.46. The van der Waals surface area contributed by atoms with E-state index < -0.39 is 0 Å². The van der Waals surface area contributed by atoms with E-state index in [4.69, 9.17) is 27.5 Å². The Kier molecular flexibility index (Phi) is 7.19. The van der Waals surface area contributed by atoms with Crippen molar-refractivity contribution in [3.05, 3.63) is 93.5 Å². The number of benzene rings is 3. The van der Waals surface area contributed by atoms with Crippen molar-refractivity contribution in [2.24, 2.45) is 0 Å². The molecule has 0 aromatic heterocycles. The molecule has 0 fully saturated rings. The quantitative estimate of drug-likeness (QED) is 0.232. The fourth-order valence-corrected chi connectivity index (χ4v) is 4.06. The van der Waals surface area contributed by atoms with Crippen LogP contribution in [0.25, 0.3) is 11.1 Å². The summed E-state index contributed by atoms with van der Waals surface area (Å²) in [6.45, 7) is 8.20. The number of ether oxygens (including phenoxy) is 1. The molecule has 3 aromatic carbocycles. The first-order chi connectivity index (χ1) is 14.8. The van der Waals surface area contributed by atoms with Crippen LogP contribution in [-0.2, 0) is 0 Å². The first kappa shape index (κ1) is 22.6. The van der Waals surface area contributed by atoms with E-state index in [0.29, 0.717) is 11.3 Å². The van der Waals surface area contributed by atoms with Gasteiger partial charge in [0.2, 0.25) is 0 Å². The second-order valence-electron chi connectivity index (χ2n) is 7.87. The van der Waals surface area contributed by atoms with Crippen molar-refractivity contribution in [3.63, 3.8) is 0 Å². The Balaban J connectivity index is 2.27. The van der Waals surface area contributed by atoms with E-state index in [1.807, 2.05) is 57.2 Å². The number of nitrogens with two attached hydrogens (primary N) is 1. The SMILES string of the molecule is CC/C(=C(/c1ccc(OC(C)C)cc1)c1ccc(N)c(C=N)c1)c1ccc(C)cc1Cl. The molecule has 0 radical (unpaired) electrons. The maximum atomic E-state index is 7.74. The molecule has 3 rings (SSSR count). The standard InChI is InChI=1S/C27H29ClN2O/c1-5-23(24-12-6-18(4)14-25(24)28)27(20-9-13-26(30)21(15-20)16-29)19-7-10-22(11-8-19)31-17(2)3/h6-17,29H,5,30H2,1-4H3/b27-23+,29-16?. The predicted octanol–water partition coefficient (Wildman–Crippen LogP) is 7.38. The number of rotatable bonds is 7. The monoisotopic (exact) mass is 432 g/mol. The first-order valence-corrected chi connectivity index (χ1v) is 10.9. The third-order valence-electron chi connectivity index (χ3n) is 5.15. The molecule has 0 unspecified atom stereocenters. The second-order valence-corrected chi connectivity index (χ2v) is 8.28. The van der Waals surface area contributed by atoms with Gasteiger partial charge in [0.05, 0.1) is 6.10 Å². The van der Waals surface area contributed by atoms with Gasteiger partial charge in [0, 0.05) is 22.5 Å². The van der Waals surface area contributed by atoms with Gasteiger partial charge >= 0.3 is 0 Å². The van der Waals surface area contributed by atoms with E-state index in [9.17, 15) is 0 Å². The molecule has 0 amide bonds. The molecular formula is C27H29ClN2O. The average Bonchev–Trinajstić information content (AvgIpc) is 2.74.